The van der Waals surface area contributed by atoms with E-state index in [0.717, 1.165) is 49.3 Å². The third-order valence-electron chi connectivity index (χ3n) is 5.38. The highest BCUT2D eigenvalue weighted by atomic mass is 16.2. The molecule has 6 nitrogen and oxygen atoms in total. The number of hydrogen-bond acceptors (Lipinski definition) is 3. The van der Waals surface area contributed by atoms with Crippen molar-refractivity contribution in [2.45, 2.75) is 32.1 Å². The molecule has 3 N–H and O–H groups in total. The second-order valence-electron chi connectivity index (χ2n) is 7.37. The van der Waals surface area contributed by atoms with Crippen LogP contribution >= 0.6 is 0 Å². The van der Waals surface area contributed by atoms with Crippen LogP contribution in [0.1, 0.15) is 30.4 Å². The van der Waals surface area contributed by atoms with Gasteiger partial charge in [-0.05, 0) is 55.0 Å². The van der Waals surface area contributed by atoms with Gasteiger partial charge in [-0.2, -0.15) is 0 Å². The number of nitrogens with one attached hydrogen (secondary N) is 3. The van der Waals surface area contributed by atoms with Gasteiger partial charge in [0.25, 0.3) is 0 Å². The molecule has 0 bridgehead atoms. The predicted molar refractivity (Wildman–Crippen MR) is 111 cm³/mol. The van der Waals surface area contributed by atoms with E-state index in [1.54, 1.807) is 0 Å². The van der Waals surface area contributed by atoms with Gasteiger partial charge in [-0.15, -0.1) is 0 Å². The number of aryl methyl sites for hydroxylation is 2. The first-order valence-corrected chi connectivity index (χ1v) is 9.99. The van der Waals surface area contributed by atoms with E-state index in [1.165, 1.54) is 11.1 Å². The zero-order valence-electron chi connectivity index (χ0n) is 16.0. The zero-order chi connectivity index (χ0) is 19.3. The average Bonchev–Trinajstić information content (AvgIpc) is 3.00. The van der Waals surface area contributed by atoms with E-state index in [0.29, 0.717) is 19.5 Å². The fourth-order valence-electron chi connectivity index (χ4n) is 3.85. The van der Waals surface area contributed by atoms with Crippen molar-refractivity contribution in [2.75, 3.05) is 30.3 Å². The Kier molecular flexibility index (Phi) is 5.46. The van der Waals surface area contributed by atoms with Gasteiger partial charge < -0.3 is 20.9 Å². The number of likely N-dealkylation sites (tertiary alicyclic amines) is 1. The molecular weight excluding hydrogens is 352 g/mol. The van der Waals surface area contributed by atoms with E-state index in [4.69, 9.17) is 0 Å². The van der Waals surface area contributed by atoms with Crippen LogP contribution in [0.2, 0.25) is 0 Å². The van der Waals surface area contributed by atoms with E-state index in [1.807, 2.05) is 23.1 Å². The molecule has 4 rings (SSSR count). The molecule has 0 radical (unpaired) electrons. The van der Waals surface area contributed by atoms with Gasteiger partial charge in [0.2, 0.25) is 5.91 Å². The van der Waals surface area contributed by atoms with Gasteiger partial charge in [-0.1, -0.05) is 24.3 Å². The average molecular weight is 378 g/mol. The minimum atomic E-state index is -0.221. The molecule has 146 valence electrons. The molecule has 3 amide bonds. The molecule has 0 unspecified atom stereocenters. The molecule has 2 aliphatic rings. The number of fused-ring (bicyclic) bond motifs is 2. The SMILES string of the molecule is O=C(NCCCN1CCCC1=O)Nc1ccc2c(c1)Nc1ccccc1CC2. The molecule has 6 heteroatoms. The van der Waals surface area contributed by atoms with Crippen molar-refractivity contribution in [3.63, 3.8) is 0 Å². The summed E-state index contributed by atoms with van der Waals surface area (Å²) in [6.07, 6.45) is 4.35. The summed E-state index contributed by atoms with van der Waals surface area (Å²) in [5, 5.41) is 9.27. The maximum Gasteiger partial charge on any atom is 0.319 e. The number of benzene rings is 2. The number of nitrogens with zero attached hydrogens (tertiary/aromatic N) is 1. The van der Waals surface area contributed by atoms with Gasteiger partial charge in [0, 0.05) is 43.1 Å². The normalized spacial score (nSPS) is 15.3. The largest absolute Gasteiger partial charge is 0.355 e. The first-order chi connectivity index (χ1) is 13.7. The molecule has 1 fully saturated rings. The maximum atomic E-state index is 12.2. The summed E-state index contributed by atoms with van der Waals surface area (Å²) < 4.78 is 0. The van der Waals surface area contributed by atoms with E-state index in [-0.39, 0.29) is 11.9 Å². The molecule has 0 saturated carbocycles. The van der Waals surface area contributed by atoms with E-state index >= 15 is 0 Å². The molecule has 1 saturated heterocycles. The summed E-state index contributed by atoms with van der Waals surface area (Å²) >= 11 is 0. The molecule has 0 spiro atoms. The summed E-state index contributed by atoms with van der Waals surface area (Å²) in [7, 11) is 0. The van der Waals surface area contributed by atoms with Crippen LogP contribution in [-0.2, 0) is 17.6 Å². The highest BCUT2D eigenvalue weighted by Crippen LogP contribution is 2.31. The lowest BCUT2D eigenvalue weighted by Gasteiger charge is -2.15. The summed E-state index contributed by atoms with van der Waals surface area (Å²) in [6.45, 7) is 2.10. The van der Waals surface area contributed by atoms with Crippen molar-refractivity contribution in [2.24, 2.45) is 0 Å². The van der Waals surface area contributed by atoms with Crippen LogP contribution in [0.5, 0.6) is 0 Å². The maximum absolute atomic E-state index is 12.2. The number of rotatable bonds is 5. The molecule has 2 aromatic rings. The summed E-state index contributed by atoms with van der Waals surface area (Å²) in [4.78, 5) is 25.6. The number of carbonyl (C=O) groups is 2. The Hall–Kier alpha value is -3.02. The minimum Gasteiger partial charge on any atom is -0.355 e. The van der Waals surface area contributed by atoms with Crippen LogP contribution < -0.4 is 16.0 Å². The minimum absolute atomic E-state index is 0.221. The van der Waals surface area contributed by atoms with Crippen molar-refractivity contribution in [3.8, 4) is 0 Å². The lowest BCUT2D eigenvalue weighted by atomic mass is 10.0. The van der Waals surface area contributed by atoms with Gasteiger partial charge in [-0.25, -0.2) is 4.79 Å². The summed E-state index contributed by atoms with van der Waals surface area (Å²) in [5.74, 6) is 0.225. The van der Waals surface area contributed by atoms with Crippen molar-refractivity contribution in [1.82, 2.24) is 10.2 Å². The van der Waals surface area contributed by atoms with E-state index in [9.17, 15) is 9.59 Å². The molecule has 2 aromatic carbocycles. The van der Waals surface area contributed by atoms with Crippen LogP contribution in [0.4, 0.5) is 21.9 Å². The van der Waals surface area contributed by atoms with Crippen LogP contribution in [0.15, 0.2) is 42.5 Å². The van der Waals surface area contributed by atoms with E-state index in [2.05, 4.69) is 40.2 Å². The second-order valence-corrected chi connectivity index (χ2v) is 7.37. The molecule has 2 aliphatic heterocycles. The van der Waals surface area contributed by atoms with Crippen molar-refractivity contribution >= 4 is 29.0 Å². The molecule has 0 aliphatic carbocycles. The van der Waals surface area contributed by atoms with Gasteiger partial charge in [-0.3, -0.25) is 4.79 Å². The Balaban J connectivity index is 1.30. The third-order valence-corrected chi connectivity index (χ3v) is 5.38. The fourth-order valence-corrected chi connectivity index (χ4v) is 3.85. The smallest absolute Gasteiger partial charge is 0.319 e. The Bertz CT molecular complexity index is 881. The van der Waals surface area contributed by atoms with Crippen LogP contribution in [0, 0.1) is 0 Å². The molecule has 2 heterocycles. The second kappa shape index (κ2) is 8.33. The Labute approximate surface area is 165 Å². The summed E-state index contributed by atoms with van der Waals surface area (Å²) in [5.41, 5.74) is 5.48. The van der Waals surface area contributed by atoms with Gasteiger partial charge in [0.05, 0.1) is 0 Å². The van der Waals surface area contributed by atoms with Crippen LogP contribution in [0.3, 0.4) is 0 Å². The van der Waals surface area contributed by atoms with Gasteiger partial charge in [0.1, 0.15) is 0 Å². The monoisotopic (exact) mass is 378 g/mol. The predicted octanol–water partition coefficient (Wildman–Crippen LogP) is 3.66. The van der Waals surface area contributed by atoms with Crippen LogP contribution in [0.25, 0.3) is 0 Å². The standard InChI is InChI=1S/C22H26N4O2/c27-21-7-3-13-26(21)14-4-12-23-22(28)24-18-11-10-17-9-8-16-5-1-2-6-19(16)25-20(17)15-18/h1-2,5-6,10-11,15,25H,3-4,7-9,12-14H2,(H2,23,24,28). The number of para-hydroxylation sites is 1. The lowest BCUT2D eigenvalue weighted by Crippen LogP contribution is -2.33. The third kappa shape index (κ3) is 4.27. The Morgan fingerprint density at radius 2 is 1.86 bits per heavy atom. The summed E-state index contributed by atoms with van der Waals surface area (Å²) in [6, 6.07) is 14.1. The number of carbonyl (C=O) groups excluding carboxylic acids is 2. The zero-order valence-corrected chi connectivity index (χ0v) is 16.0. The first kappa shape index (κ1) is 18.3. The Morgan fingerprint density at radius 3 is 2.68 bits per heavy atom. The van der Waals surface area contributed by atoms with Crippen molar-refractivity contribution in [1.29, 1.82) is 0 Å². The molecule has 28 heavy (non-hydrogen) atoms. The Morgan fingerprint density at radius 1 is 1.04 bits per heavy atom. The number of amides is 3. The van der Waals surface area contributed by atoms with E-state index < -0.39 is 0 Å². The number of anilines is 3. The number of urea groups is 1. The first-order valence-electron chi connectivity index (χ1n) is 9.99. The highest BCUT2D eigenvalue weighted by molar-refractivity contribution is 5.90. The quantitative estimate of drug-likeness (QED) is 0.695. The lowest BCUT2D eigenvalue weighted by molar-refractivity contribution is -0.127. The highest BCUT2D eigenvalue weighted by Gasteiger charge is 2.19. The van der Waals surface area contributed by atoms with Gasteiger partial charge >= 0.3 is 6.03 Å². The van der Waals surface area contributed by atoms with Gasteiger partial charge in [0.15, 0.2) is 0 Å². The fraction of sp³-hybridized carbons (Fsp3) is 0.364. The number of hydrogen-bond donors (Lipinski definition) is 3. The topological polar surface area (TPSA) is 73.5 Å². The van der Waals surface area contributed by atoms with Crippen molar-refractivity contribution < 1.29 is 9.59 Å². The molecule has 0 atom stereocenters. The van der Waals surface area contributed by atoms with Crippen LogP contribution in [-0.4, -0.2) is 36.5 Å². The molecular formula is C22H26N4O2. The van der Waals surface area contributed by atoms with Crippen molar-refractivity contribution in [3.05, 3.63) is 53.6 Å². The molecule has 0 aromatic heterocycles.